The van der Waals surface area contributed by atoms with Gasteiger partial charge in [-0.3, -0.25) is 4.79 Å². The molecule has 0 unspecified atom stereocenters. The number of nitrogens with zero attached hydrogens (tertiary/aromatic N) is 1. The van der Waals surface area contributed by atoms with Gasteiger partial charge in [-0.15, -0.1) is 0 Å². The molecule has 0 spiro atoms. The summed E-state index contributed by atoms with van der Waals surface area (Å²) >= 11 is 0. The van der Waals surface area contributed by atoms with Crippen LogP contribution in [0.3, 0.4) is 0 Å². The highest BCUT2D eigenvalue weighted by Crippen LogP contribution is 2.46. The molecule has 0 saturated heterocycles. The normalized spacial score (nSPS) is 16.0. The van der Waals surface area contributed by atoms with E-state index >= 15 is 0 Å². The number of rotatable bonds is 5. The van der Waals surface area contributed by atoms with E-state index < -0.39 is 5.41 Å². The summed E-state index contributed by atoms with van der Waals surface area (Å²) in [4.78, 5) is 13.7. The molecule has 5 heteroatoms. The molecular weight excluding hydrogens is 249 g/mol. The number of methoxy groups -OCH3 is 1. The van der Waals surface area contributed by atoms with E-state index in [2.05, 4.69) is 0 Å². The van der Waals surface area contributed by atoms with E-state index in [9.17, 15) is 14.3 Å². The predicted octanol–water partition coefficient (Wildman–Crippen LogP) is 1.57. The number of aliphatic hydroxyl groups is 1. The van der Waals surface area contributed by atoms with Crippen LogP contribution in [0.4, 0.5) is 4.39 Å². The van der Waals surface area contributed by atoms with Crippen molar-refractivity contribution < 1.29 is 19.0 Å². The van der Waals surface area contributed by atoms with Crippen LogP contribution >= 0.6 is 0 Å². The Morgan fingerprint density at radius 2 is 2.21 bits per heavy atom. The lowest BCUT2D eigenvalue weighted by Gasteiger charge is -2.23. The van der Waals surface area contributed by atoms with Crippen LogP contribution in [0.15, 0.2) is 18.2 Å². The molecule has 1 amide bonds. The Kier molecular flexibility index (Phi) is 3.75. The van der Waals surface area contributed by atoms with Crippen LogP contribution < -0.4 is 4.74 Å². The van der Waals surface area contributed by atoms with Crippen LogP contribution in [-0.4, -0.2) is 36.7 Å². The van der Waals surface area contributed by atoms with E-state index in [1.54, 1.807) is 13.1 Å². The second-order valence-corrected chi connectivity index (χ2v) is 5.06. The Bertz CT molecular complexity index is 486. The topological polar surface area (TPSA) is 49.8 Å². The van der Waals surface area contributed by atoms with E-state index in [1.165, 1.54) is 24.1 Å². The van der Waals surface area contributed by atoms with Gasteiger partial charge in [-0.05, 0) is 31.0 Å². The van der Waals surface area contributed by atoms with Gasteiger partial charge in [-0.1, -0.05) is 0 Å². The Labute approximate surface area is 111 Å². The number of halogens is 1. The Morgan fingerprint density at radius 1 is 1.53 bits per heavy atom. The Morgan fingerprint density at radius 3 is 2.74 bits per heavy atom. The summed E-state index contributed by atoms with van der Waals surface area (Å²) < 4.78 is 18.4. The predicted molar refractivity (Wildman–Crippen MR) is 68.2 cm³/mol. The molecule has 0 heterocycles. The smallest absolute Gasteiger partial charge is 0.231 e. The van der Waals surface area contributed by atoms with Gasteiger partial charge in [0.15, 0.2) is 0 Å². The van der Waals surface area contributed by atoms with E-state index in [0.717, 1.165) is 0 Å². The first kappa shape index (κ1) is 13.8. The fourth-order valence-electron chi connectivity index (χ4n) is 2.19. The highest BCUT2D eigenvalue weighted by Gasteiger charge is 2.50. The van der Waals surface area contributed by atoms with Gasteiger partial charge in [0.05, 0.1) is 19.1 Å². The number of carbonyl (C=O) groups excluding carboxylic acids is 1. The van der Waals surface area contributed by atoms with E-state index in [4.69, 9.17) is 4.74 Å². The fourth-order valence-corrected chi connectivity index (χ4v) is 2.19. The van der Waals surface area contributed by atoms with Crippen molar-refractivity contribution in [1.29, 1.82) is 0 Å². The monoisotopic (exact) mass is 267 g/mol. The summed E-state index contributed by atoms with van der Waals surface area (Å²) in [6.07, 6.45) is 1.43. The van der Waals surface area contributed by atoms with Crippen molar-refractivity contribution in [2.24, 2.45) is 5.41 Å². The molecule has 0 aliphatic heterocycles. The Hall–Kier alpha value is -1.62. The summed E-state index contributed by atoms with van der Waals surface area (Å²) in [6, 6.07) is 4.23. The molecule has 1 aromatic rings. The SMILES string of the molecule is COc1ccc(F)cc1CN(C)C(=O)C1(CO)CC1. The third-order valence-electron chi connectivity index (χ3n) is 3.61. The van der Waals surface area contributed by atoms with Gasteiger partial charge < -0.3 is 14.7 Å². The van der Waals surface area contributed by atoms with Gasteiger partial charge in [0.2, 0.25) is 5.91 Å². The molecule has 4 nitrogen and oxygen atoms in total. The van der Waals surface area contributed by atoms with Crippen molar-refractivity contribution in [3.05, 3.63) is 29.6 Å². The van der Waals surface area contributed by atoms with Crippen molar-refractivity contribution in [1.82, 2.24) is 4.90 Å². The Balaban J connectivity index is 2.12. The van der Waals surface area contributed by atoms with E-state index in [1.807, 2.05) is 0 Å². The molecule has 0 atom stereocenters. The molecule has 1 aliphatic carbocycles. The standard InChI is InChI=1S/C14H18FNO3/c1-16(13(18)14(9-17)5-6-14)8-10-7-11(15)3-4-12(10)19-2/h3-4,7,17H,5-6,8-9H2,1-2H3. The first-order chi connectivity index (χ1) is 9.02. The van der Waals surface area contributed by atoms with Crippen molar-refractivity contribution >= 4 is 5.91 Å². The van der Waals surface area contributed by atoms with Gasteiger partial charge in [0, 0.05) is 19.2 Å². The second-order valence-electron chi connectivity index (χ2n) is 5.06. The zero-order valence-electron chi connectivity index (χ0n) is 11.1. The summed E-state index contributed by atoms with van der Waals surface area (Å²) in [6.45, 7) is 0.137. The molecule has 104 valence electrons. The van der Waals surface area contributed by atoms with Gasteiger partial charge in [0.1, 0.15) is 11.6 Å². The number of carbonyl (C=O) groups is 1. The third-order valence-corrected chi connectivity index (χ3v) is 3.61. The zero-order chi connectivity index (χ0) is 14.0. The molecular formula is C14H18FNO3. The van der Waals surface area contributed by atoms with Crippen molar-refractivity contribution in [3.63, 3.8) is 0 Å². The first-order valence-electron chi connectivity index (χ1n) is 6.21. The minimum atomic E-state index is -0.602. The quantitative estimate of drug-likeness (QED) is 0.881. The number of benzene rings is 1. The van der Waals surface area contributed by atoms with Crippen molar-refractivity contribution in [2.75, 3.05) is 20.8 Å². The summed E-state index contributed by atoms with van der Waals surface area (Å²) in [5, 5.41) is 9.25. The summed E-state index contributed by atoms with van der Waals surface area (Å²) in [5.74, 6) is 0.0937. The van der Waals surface area contributed by atoms with Crippen LogP contribution in [0.2, 0.25) is 0 Å². The molecule has 0 radical (unpaired) electrons. The highest BCUT2D eigenvalue weighted by atomic mass is 19.1. The average molecular weight is 267 g/mol. The highest BCUT2D eigenvalue weighted by molar-refractivity contribution is 5.85. The second kappa shape index (κ2) is 5.17. The van der Waals surface area contributed by atoms with Gasteiger partial charge in [-0.2, -0.15) is 0 Å². The van der Waals surface area contributed by atoms with Crippen molar-refractivity contribution in [2.45, 2.75) is 19.4 Å². The molecule has 0 bridgehead atoms. The minimum absolute atomic E-state index is 0.0960. The maximum Gasteiger partial charge on any atom is 0.231 e. The van der Waals surface area contributed by atoms with Crippen LogP contribution in [0, 0.1) is 11.2 Å². The number of amides is 1. The zero-order valence-corrected chi connectivity index (χ0v) is 11.1. The van der Waals surface area contributed by atoms with Gasteiger partial charge in [0.25, 0.3) is 0 Å². The molecule has 1 fully saturated rings. The average Bonchev–Trinajstić information content (AvgIpc) is 3.19. The number of aliphatic hydroxyl groups excluding tert-OH is 1. The first-order valence-corrected chi connectivity index (χ1v) is 6.21. The van der Waals surface area contributed by atoms with Crippen LogP contribution in [0.5, 0.6) is 5.75 Å². The largest absolute Gasteiger partial charge is 0.496 e. The lowest BCUT2D eigenvalue weighted by molar-refractivity contribution is -0.137. The molecule has 19 heavy (non-hydrogen) atoms. The molecule has 1 aromatic carbocycles. The van der Waals surface area contributed by atoms with Crippen LogP contribution in [0.1, 0.15) is 18.4 Å². The summed E-state index contributed by atoms with van der Waals surface area (Å²) in [7, 11) is 3.16. The minimum Gasteiger partial charge on any atom is -0.496 e. The maximum atomic E-state index is 13.2. The number of hydrogen-bond donors (Lipinski definition) is 1. The lowest BCUT2D eigenvalue weighted by Crippen LogP contribution is -2.35. The molecule has 1 aliphatic rings. The summed E-state index contributed by atoms with van der Waals surface area (Å²) in [5.41, 5.74) is 0.0158. The number of ether oxygens (including phenoxy) is 1. The van der Waals surface area contributed by atoms with Crippen LogP contribution in [0.25, 0.3) is 0 Å². The van der Waals surface area contributed by atoms with Gasteiger partial charge >= 0.3 is 0 Å². The van der Waals surface area contributed by atoms with Crippen LogP contribution in [-0.2, 0) is 11.3 Å². The molecule has 0 aromatic heterocycles. The molecule has 1 N–H and O–H groups in total. The maximum absolute atomic E-state index is 13.2. The fraction of sp³-hybridized carbons (Fsp3) is 0.500. The third kappa shape index (κ3) is 2.71. The number of hydrogen-bond acceptors (Lipinski definition) is 3. The molecule has 2 rings (SSSR count). The molecule has 1 saturated carbocycles. The van der Waals surface area contributed by atoms with E-state index in [0.29, 0.717) is 24.2 Å². The lowest BCUT2D eigenvalue weighted by atomic mass is 10.1. The van der Waals surface area contributed by atoms with Crippen molar-refractivity contribution in [3.8, 4) is 5.75 Å². The van der Waals surface area contributed by atoms with Gasteiger partial charge in [-0.25, -0.2) is 4.39 Å². The van der Waals surface area contributed by atoms with E-state index in [-0.39, 0.29) is 24.9 Å².